The lowest BCUT2D eigenvalue weighted by molar-refractivity contribution is -0.132. The van der Waals surface area contributed by atoms with Gasteiger partial charge < -0.3 is 14.6 Å². The molecule has 2 heterocycles. The molecule has 0 spiro atoms. The number of benzene rings is 2. The number of ketones is 1. The molecule has 4 rings (SSSR count). The van der Waals surface area contributed by atoms with Crippen LogP contribution < -0.4 is 9.64 Å². The molecule has 0 bridgehead atoms. The lowest BCUT2D eigenvalue weighted by Crippen LogP contribution is -2.29. The zero-order valence-corrected chi connectivity index (χ0v) is 21.1. The van der Waals surface area contributed by atoms with Gasteiger partial charge in [0.25, 0.3) is 5.78 Å². The first-order valence-corrected chi connectivity index (χ1v) is 12.0. The van der Waals surface area contributed by atoms with Crippen LogP contribution in [0.5, 0.6) is 5.75 Å². The normalized spacial score (nSPS) is 16.6. The zero-order valence-electron chi connectivity index (χ0n) is 20.3. The largest absolute Gasteiger partial charge is 0.507 e. The third kappa shape index (κ3) is 4.75. The second kappa shape index (κ2) is 10.4. The third-order valence-corrected chi connectivity index (χ3v) is 6.93. The van der Waals surface area contributed by atoms with E-state index in [1.807, 2.05) is 0 Å². The highest BCUT2D eigenvalue weighted by Gasteiger charge is 2.48. The van der Waals surface area contributed by atoms with Crippen molar-refractivity contribution in [3.05, 3.63) is 93.8 Å². The number of ether oxygens (including phenoxy) is 2. The molecule has 0 saturated carbocycles. The number of aryl methyl sites for hydroxylation is 2. The molecule has 37 heavy (non-hydrogen) atoms. The molecule has 1 fully saturated rings. The van der Waals surface area contributed by atoms with Crippen LogP contribution in [0.2, 0.25) is 0 Å². The second-order valence-corrected chi connectivity index (χ2v) is 9.18. The van der Waals surface area contributed by atoms with Crippen molar-refractivity contribution in [2.24, 2.45) is 0 Å². The number of hydrogen-bond acceptors (Lipinski definition) is 8. The van der Waals surface area contributed by atoms with Gasteiger partial charge in [0, 0.05) is 5.56 Å². The van der Waals surface area contributed by atoms with Crippen molar-refractivity contribution in [2.45, 2.75) is 19.9 Å². The summed E-state index contributed by atoms with van der Waals surface area (Å²) < 4.78 is 24.1. The SMILES string of the molecule is C=CCOc1ccc(/C(O)=C2\C(=O)C(=O)N(c3nc(C)c(C(=O)OC)s3)C2c2ccc(F)cc2)cc1C. The summed E-state index contributed by atoms with van der Waals surface area (Å²) in [5.74, 6) is -2.86. The minimum Gasteiger partial charge on any atom is -0.507 e. The van der Waals surface area contributed by atoms with Gasteiger partial charge in [0.05, 0.1) is 24.4 Å². The Morgan fingerprint density at radius 2 is 1.92 bits per heavy atom. The van der Waals surface area contributed by atoms with Crippen LogP contribution in [-0.2, 0) is 14.3 Å². The Bertz CT molecular complexity index is 1440. The van der Waals surface area contributed by atoms with Gasteiger partial charge in [-0.25, -0.2) is 14.2 Å². The molecule has 8 nitrogen and oxygen atoms in total. The number of Topliss-reactive ketones (excluding diaryl/α,β-unsaturated/α-hetero) is 1. The van der Waals surface area contributed by atoms with Gasteiger partial charge in [0.1, 0.15) is 28.8 Å². The number of nitrogens with zero attached hydrogens (tertiary/aromatic N) is 2. The molecule has 2 aromatic carbocycles. The number of methoxy groups -OCH3 is 1. The maximum absolute atomic E-state index is 13.7. The Labute approximate surface area is 216 Å². The highest BCUT2D eigenvalue weighted by molar-refractivity contribution is 7.17. The summed E-state index contributed by atoms with van der Waals surface area (Å²) in [6.45, 7) is 7.26. The van der Waals surface area contributed by atoms with Gasteiger partial charge in [-0.05, 0) is 55.3 Å². The molecular weight excluding hydrogens is 499 g/mol. The van der Waals surface area contributed by atoms with E-state index in [4.69, 9.17) is 9.47 Å². The molecule has 1 unspecified atom stereocenters. The maximum Gasteiger partial charge on any atom is 0.350 e. The van der Waals surface area contributed by atoms with Gasteiger partial charge in [0.2, 0.25) is 0 Å². The number of aliphatic hydroxyl groups is 1. The smallest absolute Gasteiger partial charge is 0.350 e. The number of hydrogen-bond donors (Lipinski definition) is 1. The van der Waals surface area contributed by atoms with E-state index < -0.39 is 35.3 Å². The molecule has 0 radical (unpaired) electrons. The number of carbonyl (C=O) groups excluding carboxylic acids is 3. The number of esters is 1. The minimum absolute atomic E-state index is 0.0673. The molecular formula is C27H23FN2O6S. The summed E-state index contributed by atoms with van der Waals surface area (Å²) in [4.78, 5) is 44.3. The van der Waals surface area contributed by atoms with E-state index in [1.165, 1.54) is 31.4 Å². The van der Waals surface area contributed by atoms with Crippen molar-refractivity contribution in [1.29, 1.82) is 0 Å². The molecule has 190 valence electrons. The maximum atomic E-state index is 13.7. The predicted molar refractivity (Wildman–Crippen MR) is 136 cm³/mol. The van der Waals surface area contributed by atoms with Gasteiger partial charge in [-0.2, -0.15) is 0 Å². The molecule has 10 heteroatoms. The Balaban J connectivity index is 1.89. The van der Waals surface area contributed by atoms with Crippen molar-refractivity contribution in [2.75, 3.05) is 18.6 Å². The van der Waals surface area contributed by atoms with E-state index in [-0.39, 0.29) is 15.6 Å². The summed E-state index contributed by atoms with van der Waals surface area (Å²) in [6, 6.07) is 8.95. The third-order valence-electron chi connectivity index (χ3n) is 5.80. The number of aliphatic hydroxyl groups excluding tert-OH is 1. The standard InChI is InChI=1S/C27H23FN2O6S/c1-5-12-36-19-11-8-17(13-14(19)2)22(31)20-21(16-6-9-18(28)10-7-16)30(25(33)23(20)32)27-29-15(3)24(37-27)26(34)35-4/h5-11,13,21,31H,1,12H2,2-4H3/b22-20+. The van der Waals surface area contributed by atoms with Crippen LogP contribution in [0.4, 0.5) is 9.52 Å². The molecule has 3 aromatic rings. The Morgan fingerprint density at radius 3 is 2.54 bits per heavy atom. The highest BCUT2D eigenvalue weighted by atomic mass is 32.1. The van der Waals surface area contributed by atoms with E-state index in [9.17, 15) is 23.9 Å². The average molecular weight is 523 g/mol. The molecule has 0 aliphatic carbocycles. The Hall–Kier alpha value is -4.31. The quantitative estimate of drug-likeness (QED) is 0.155. The van der Waals surface area contributed by atoms with Crippen LogP contribution >= 0.6 is 11.3 Å². The van der Waals surface area contributed by atoms with E-state index in [2.05, 4.69) is 11.6 Å². The molecule has 1 N–H and O–H groups in total. The summed E-state index contributed by atoms with van der Waals surface area (Å²) in [7, 11) is 1.22. The topological polar surface area (TPSA) is 106 Å². The molecule has 1 atom stereocenters. The van der Waals surface area contributed by atoms with Gasteiger partial charge in [0.15, 0.2) is 5.13 Å². The fourth-order valence-corrected chi connectivity index (χ4v) is 5.03. The Morgan fingerprint density at radius 1 is 1.22 bits per heavy atom. The highest BCUT2D eigenvalue weighted by Crippen LogP contribution is 2.44. The molecule has 1 aliphatic rings. The van der Waals surface area contributed by atoms with Gasteiger partial charge in [-0.1, -0.05) is 36.1 Å². The summed E-state index contributed by atoms with van der Waals surface area (Å²) >= 11 is 0.883. The van der Waals surface area contributed by atoms with Crippen LogP contribution in [0, 0.1) is 19.7 Å². The van der Waals surface area contributed by atoms with Crippen molar-refractivity contribution >= 4 is 39.9 Å². The zero-order chi connectivity index (χ0) is 26.9. The lowest BCUT2D eigenvalue weighted by atomic mass is 9.95. The first-order valence-electron chi connectivity index (χ1n) is 11.1. The first kappa shape index (κ1) is 25.8. The first-order chi connectivity index (χ1) is 17.7. The average Bonchev–Trinajstić information content (AvgIpc) is 3.39. The van der Waals surface area contributed by atoms with Gasteiger partial charge in [-0.15, -0.1) is 0 Å². The molecule has 1 saturated heterocycles. The fourth-order valence-electron chi connectivity index (χ4n) is 4.02. The van der Waals surface area contributed by atoms with Crippen molar-refractivity contribution in [3.63, 3.8) is 0 Å². The van der Waals surface area contributed by atoms with Crippen LogP contribution in [-0.4, -0.2) is 41.5 Å². The second-order valence-electron chi connectivity index (χ2n) is 8.20. The number of carbonyl (C=O) groups is 3. The minimum atomic E-state index is -1.12. The van der Waals surface area contributed by atoms with E-state index in [0.717, 1.165) is 16.2 Å². The van der Waals surface area contributed by atoms with Crippen LogP contribution in [0.3, 0.4) is 0 Å². The van der Waals surface area contributed by atoms with E-state index >= 15 is 0 Å². The monoisotopic (exact) mass is 522 g/mol. The summed E-state index contributed by atoms with van der Waals surface area (Å²) in [5.41, 5.74) is 1.48. The number of rotatable bonds is 7. The van der Waals surface area contributed by atoms with Crippen LogP contribution in [0.1, 0.15) is 38.1 Å². The summed E-state index contributed by atoms with van der Waals surface area (Å²) in [6.07, 6.45) is 1.60. The van der Waals surface area contributed by atoms with Gasteiger partial charge >= 0.3 is 11.9 Å². The van der Waals surface area contributed by atoms with E-state index in [1.54, 1.807) is 38.1 Å². The number of thiazole rings is 1. The molecule has 1 aromatic heterocycles. The van der Waals surface area contributed by atoms with Crippen LogP contribution in [0.25, 0.3) is 5.76 Å². The van der Waals surface area contributed by atoms with Gasteiger partial charge in [-0.3, -0.25) is 14.5 Å². The number of aromatic nitrogens is 1. The molecule has 1 amide bonds. The molecule has 1 aliphatic heterocycles. The van der Waals surface area contributed by atoms with Crippen molar-refractivity contribution < 1.29 is 33.4 Å². The number of anilines is 1. The summed E-state index contributed by atoms with van der Waals surface area (Å²) in [5, 5.41) is 11.4. The van der Waals surface area contributed by atoms with Crippen molar-refractivity contribution in [1.82, 2.24) is 4.98 Å². The Kier molecular flexibility index (Phi) is 7.21. The number of amides is 1. The predicted octanol–water partition coefficient (Wildman–Crippen LogP) is 4.88. The lowest BCUT2D eigenvalue weighted by Gasteiger charge is -2.23. The van der Waals surface area contributed by atoms with Crippen molar-refractivity contribution in [3.8, 4) is 5.75 Å². The van der Waals surface area contributed by atoms with E-state index in [0.29, 0.717) is 34.7 Å². The number of halogens is 1. The van der Waals surface area contributed by atoms with Crippen LogP contribution in [0.15, 0.2) is 60.7 Å². The fraction of sp³-hybridized carbons (Fsp3) is 0.185.